The Morgan fingerprint density at radius 1 is 0.500 bits per heavy atom. The van der Waals surface area contributed by atoms with E-state index in [2.05, 4.69) is 249 Å². The predicted molar refractivity (Wildman–Crippen MR) is 355 cm³/mol. The summed E-state index contributed by atoms with van der Waals surface area (Å²) in [5.74, 6) is 1.71. The third-order valence-electron chi connectivity index (χ3n) is 15.2. The number of imidazole rings is 1. The molecule has 2 aromatic carbocycles. The van der Waals surface area contributed by atoms with Gasteiger partial charge in [-0.1, -0.05) is 74.0 Å². The van der Waals surface area contributed by atoms with Gasteiger partial charge in [-0.15, -0.1) is 0 Å². The van der Waals surface area contributed by atoms with E-state index in [0.717, 1.165) is 81.7 Å². The van der Waals surface area contributed by atoms with Gasteiger partial charge in [0.2, 0.25) is 0 Å². The lowest BCUT2D eigenvalue weighted by Crippen LogP contribution is -2.45. The van der Waals surface area contributed by atoms with Crippen LogP contribution in [0.2, 0.25) is 0 Å². The van der Waals surface area contributed by atoms with Crippen LogP contribution < -0.4 is 31.9 Å². The molecule has 5 aliphatic heterocycles. The van der Waals surface area contributed by atoms with Crippen molar-refractivity contribution < 1.29 is 0 Å². The van der Waals surface area contributed by atoms with Gasteiger partial charge in [0.15, 0.2) is 0 Å². The van der Waals surface area contributed by atoms with E-state index < -0.39 is 0 Å². The first-order valence-electron chi connectivity index (χ1n) is 32.2. The molecule has 0 aliphatic carbocycles. The Morgan fingerprint density at radius 3 is 1.59 bits per heavy atom. The van der Waals surface area contributed by atoms with Crippen LogP contribution in [0.5, 0.6) is 0 Å². The summed E-state index contributed by atoms with van der Waals surface area (Å²) < 4.78 is 2.04. The Bertz CT molecular complexity index is 2230. The number of nitrogens with zero attached hydrogens (tertiary/aromatic N) is 6. The molecule has 0 spiro atoms. The summed E-state index contributed by atoms with van der Waals surface area (Å²) in [7, 11) is 0. The quantitative estimate of drug-likeness (QED) is 0.0686. The van der Waals surface area contributed by atoms with Gasteiger partial charge in [-0.3, -0.25) is 15.1 Å². The van der Waals surface area contributed by atoms with Crippen molar-refractivity contribution in [2.24, 2.45) is 11.8 Å². The zero-order chi connectivity index (χ0) is 60.6. The number of hydrogen-bond donors (Lipinski definition) is 6. The zero-order valence-corrected chi connectivity index (χ0v) is 56.3. The number of aromatic nitrogens is 2. The summed E-state index contributed by atoms with van der Waals surface area (Å²) in [4.78, 5) is 14.7. The smallest absolute Gasteiger partial charge is 0.137 e. The van der Waals surface area contributed by atoms with Gasteiger partial charge in [0.05, 0.1) is 5.69 Å². The van der Waals surface area contributed by atoms with Crippen molar-refractivity contribution in [1.29, 1.82) is 0 Å². The molecular weight excluding hydrogens is 1010 g/mol. The topological polar surface area (TPSA) is 102 Å². The molecule has 466 valence electrons. The summed E-state index contributed by atoms with van der Waals surface area (Å²) in [6, 6.07) is 26.4. The molecule has 82 heavy (non-hydrogen) atoms. The molecule has 12 nitrogen and oxygen atoms in total. The predicted octanol–water partition coefficient (Wildman–Crippen LogP) is 12.6. The first-order valence-corrected chi connectivity index (χ1v) is 32.2. The number of pyridine rings is 1. The second-order valence-electron chi connectivity index (χ2n) is 30.6. The molecule has 6 N–H and O–H groups in total. The van der Waals surface area contributed by atoms with Crippen LogP contribution in [0.3, 0.4) is 0 Å². The SMILES string of the molecule is CC(C)(C)NCC1CC2CCCCN2C1.CC(C)(C)NCC1CCN(Cc2ccccc2)C1.CC(C)(C)NCCN1CCC1.CC(C)(C)NCN1Cc2ccccc2C1.CC(C)(C)NCc1cn2ccccc2n1.CCCNC(C)(C)C. The van der Waals surface area contributed by atoms with Gasteiger partial charge in [-0.05, 0) is 250 Å². The maximum Gasteiger partial charge on any atom is 0.137 e. The van der Waals surface area contributed by atoms with Crippen molar-refractivity contribution in [1.82, 2.24) is 60.9 Å². The molecule has 5 aliphatic rings. The highest BCUT2D eigenvalue weighted by Gasteiger charge is 2.33. The first-order chi connectivity index (χ1) is 38.3. The Hall–Kier alpha value is -3.27. The van der Waals surface area contributed by atoms with Crippen LogP contribution in [-0.2, 0) is 26.2 Å². The molecule has 0 bridgehead atoms. The third-order valence-corrected chi connectivity index (χ3v) is 15.2. The van der Waals surface area contributed by atoms with Crippen molar-refractivity contribution in [3.05, 3.63) is 108 Å². The van der Waals surface area contributed by atoms with Crippen LogP contribution >= 0.6 is 0 Å². The Labute approximate surface area is 504 Å². The largest absolute Gasteiger partial charge is 0.312 e. The minimum atomic E-state index is 0.135. The van der Waals surface area contributed by atoms with Gasteiger partial charge in [-0.2, -0.15) is 0 Å². The molecule has 4 fully saturated rings. The summed E-state index contributed by atoms with van der Waals surface area (Å²) in [6.45, 7) is 60.6. The molecule has 9 rings (SSSR count). The standard InChI is InChI=1S/C16H26N2.C13H26N2.C13H20N2.C12H17N3.C9H20N2.C7H17N/c1-16(2,3)17-11-15-9-10-18(13-15)12-14-7-5-4-6-8-14;1-13(2,3)14-9-11-8-12-6-4-5-7-15(12)10-11;1-13(2,3)14-10-15-8-11-6-4-5-7-12(11)9-15;1-12(2,3)13-8-10-9-15-7-5-4-6-11(15)14-10;1-9(2,3)10-5-8-11-6-4-7-11;1-5-6-8-7(2,3)4/h4-8,15,17H,9-13H2,1-3H3;11-12,14H,4-10H2,1-3H3;4-7,14H,8-10H2,1-3H3;4-7,9,13H,8H2,1-3H3;10H,4-8H2,1-3H3;8H,5-6H2,1-4H3. The van der Waals surface area contributed by atoms with Gasteiger partial charge < -0.3 is 40.8 Å². The fraction of sp³-hybridized carbons (Fsp3) is 0.729. The maximum atomic E-state index is 4.52. The number of likely N-dealkylation sites (tertiary alicyclic amines) is 2. The average Bonchev–Trinajstić information content (AvgIpc) is 4.24. The number of fused-ring (bicyclic) bond motifs is 3. The monoisotopic (exact) mass is 1140 g/mol. The average molecular weight is 1140 g/mol. The van der Waals surface area contributed by atoms with Crippen molar-refractivity contribution in [3.8, 4) is 0 Å². The molecule has 12 heteroatoms. The minimum absolute atomic E-state index is 0.135. The van der Waals surface area contributed by atoms with Crippen molar-refractivity contribution in [2.45, 2.75) is 242 Å². The lowest BCUT2D eigenvalue weighted by Gasteiger charge is -2.32. The fourth-order valence-corrected chi connectivity index (χ4v) is 10.5. The molecule has 3 atom stereocenters. The molecule has 2 aromatic heterocycles. The number of nitrogens with one attached hydrogen (secondary N) is 6. The van der Waals surface area contributed by atoms with Crippen molar-refractivity contribution in [2.75, 3.05) is 78.7 Å². The normalized spacial score (nSPS) is 19.9. The van der Waals surface area contributed by atoms with Crippen LogP contribution in [0.1, 0.15) is 199 Å². The Balaban J connectivity index is 0.000000215. The van der Waals surface area contributed by atoms with Crippen LogP contribution in [0.25, 0.3) is 5.65 Å². The van der Waals surface area contributed by atoms with E-state index in [0.29, 0.717) is 5.54 Å². The molecule has 0 amide bonds. The molecule has 0 radical (unpaired) electrons. The number of hydrogen-bond acceptors (Lipinski definition) is 11. The molecule has 4 saturated heterocycles. The van der Waals surface area contributed by atoms with E-state index in [-0.39, 0.29) is 27.7 Å². The number of piperidine rings is 1. The lowest BCUT2D eigenvalue weighted by atomic mass is 9.99. The third kappa shape index (κ3) is 32.3. The van der Waals surface area contributed by atoms with E-state index in [1.165, 1.54) is 114 Å². The minimum Gasteiger partial charge on any atom is -0.312 e. The van der Waals surface area contributed by atoms with Crippen molar-refractivity contribution >= 4 is 5.65 Å². The molecule has 4 aromatic rings. The van der Waals surface area contributed by atoms with E-state index in [9.17, 15) is 0 Å². The van der Waals surface area contributed by atoms with Crippen molar-refractivity contribution in [3.63, 3.8) is 0 Å². The van der Waals surface area contributed by atoms with Gasteiger partial charge in [0.1, 0.15) is 5.65 Å². The molecule has 7 heterocycles. The van der Waals surface area contributed by atoms with E-state index in [1.807, 2.05) is 28.8 Å². The fourth-order valence-electron chi connectivity index (χ4n) is 10.5. The number of rotatable bonds is 15. The number of benzene rings is 2. The maximum absolute atomic E-state index is 4.52. The Kier molecular flexibility index (Phi) is 29.7. The molecule has 3 unspecified atom stereocenters. The highest BCUT2D eigenvalue weighted by Crippen LogP contribution is 2.30. The summed E-state index contributed by atoms with van der Waals surface area (Å²) >= 11 is 0. The summed E-state index contributed by atoms with van der Waals surface area (Å²) in [6.07, 6.45) is 13.8. The van der Waals surface area contributed by atoms with Gasteiger partial charge in [0, 0.05) is 111 Å². The zero-order valence-electron chi connectivity index (χ0n) is 56.3. The van der Waals surface area contributed by atoms with E-state index in [4.69, 9.17) is 0 Å². The first kappa shape index (κ1) is 71.2. The van der Waals surface area contributed by atoms with Gasteiger partial charge in [-0.25, -0.2) is 4.98 Å². The highest BCUT2D eigenvalue weighted by atomic mass is 15.2. The van der Waals surface area contributed by atoms with E-state index in [1.54, 1.807) is 0 Å². The Morgan fingerprint density at radius 2 is 1.06 bits per heavy atom. The highest BCUT2D eigenvalue weighted by molar-refractivity contribution is 5.39. The van der Waals surface area contributed by atoms with Gasteiger partial charge in [0.25, 0.3) is 0 Å². The summed E-state index contributed by atoms with van der Waals surface area (Å²) in [5.41, 5.74) is 7.92. The molecule has 0 saturated carbocycles. The van der Waals surface area contributed by atoms with Gasteiger partial charge >= 0.3 is 0 Å². The summed E-state index contributed by atoms with van der Waals surface area (Å²) in [5, 5.41) is 21.1. The molecular formula is C70H126N12. The lowest BCUT2D eigenvalue weighted by molar-refractivity contribution is 0.177. The second-order valence-corrected chi connectivity index (χ2v) is 30.6. The second kappa shape index (κ2) is 34.2. The van der Waals surface area contributed by atoms with Crippen LogP contribution in [-0.4, -0.2) is 147 Å². The van der Waals surface area contributed by atoms with Crippen LogP contribution in [0.4, 0.5) is 0 Å². The van der Waals surface area contributed by atoms with Crippen LogP contribution in [0.15, 0.2) is 85.2 Å². The van der Waals surface area contributed by atoms with Crippen LogP contribution in [0, 0.1) is 11.8 Å². The van der Waals surface area contributed by atoms with E-state index >= 15 is 0 Å².